The molecule has 1 fully saturated rings. The molecule has 0 atom stereocenters. The molecule has 3 heteroatoms. The lowest BCUT2D eigenvalue weighted by molar-refractivity contribution is -0.147. The maximum absolute atomic E-state index is 11.4. The Morgan fingerprint density at radius 3 is 2.56 bits per heavy atom. The van der Waals surface area contributed by atoms with Crippen molar-refractivity contribution in [3.05, 3.63) is 29.6 Å². The predicted octanol–water partition coefficient (Wildman–Crippen LogP) is 2.71. The van der Waals surface area contributed by atoms with Crippen LogP contribution in [0.3, 0.4) is 0 Å². The zero-order chi connectivity index (χ0) is 11.8. The predicted molar refractivity (Wildman–Crippen MR) is 61.5 cm³/mol. The van der Waals surface area contributed by atoms with E-state index in [0.29, 0.717) is 5.92 Å². The molecule has 3 nitrogen and oxygen atoms in total. The molecule has 16 heavy (non-hydrogen) atoms. The summed E-state index contributed by atoms with van der Waals surface area (Å²) >= 11 is 0. The summed E-state index contributed by atoms with van der Waals surface area (Å²) in [7, 11) is 0. The number of carbonyl (C=O) groups is 1. The number of pyridine rings is 1. The molecule has 0 unspecified atom stereocenters. The van der Waals surface area contributed by atoms with E-state index in [2.05, 4.69) is 18.8 Å². The van der Waals surface area contributed by atoms with Crippen LogP contribution in [0, 0.1) is 0 Å². The van der Waals surface area contributed by atoms with Crippen molar-refractivity contribution in [2.75, 3.05) is 0 Å². The third-order valence-electron chi connectivity index (χ3n) is 3.60. The maximum Gasteiger partial charge on any atom is 0.314 e. The van der Waals surface area contributed by atoms with E-state index in [4.69, 9.17) is 0 Å². The van der Waals surface area contributed by atoms with Gasteiger partial charge in [-0.1, -0.05) is 26.3 Å². The molecule has 1 saturated carbocycles. The molecule has 86 valence electrons. The van der Waals surface area contributed by atoms with E-state index >= 15 is 0 Å². The lowest BCUT2D eigenvalue weighted by Gasteiger charge is -2.38. The molecule has 1 aromatic rings. The van der Waals surface area contributed by atoms with Crippen LogP contribution in [-0.4, -0.2) is 16.1 Å². The summed E-state index contributed by atoms with van der Waals surface area (Å²) in [5.41, 5.74) is 1.33. The van der Waals surface area contributed by atoms with Crippen LogP contribution < -0.4 is 0 Å². The number of rotatable bonds is 3. The Morgan fingerprint density at radius 1 is 1.44 bits per heavy atom. The van der Waals surface area contributed by atoms with Crippen LogP contribution in [0.15, 0.2) is 18.5 Å². The molecule has 1 N–H and O–H groups in total. The van der Waals surface area contributed by atoms with Crippen LogP contribution in [0.25, 0.3) is 0 Å². The molecule has 0 spiro atoms. The Labute approximate surface area is 95.5 Å². The minimum Gasteiger partial charge on any atom is -0.481 e. The first kappa shape index (κ1) is 11.1. The average molecular weight is 219 g/mol. The SMILES string of the molecule is CC(C)c1cncc(C2(C(=O)O)CCC2)c1. The largest absolute Gasteiger partial charge is 0.481 e. The van der Waals surface area contributed by atoms with Crippen molar-refractivity contribution < 1.29 is 9.90 Å². The highest BCUT2D eigenvalue weighted by Crippen LogP contribution is 2.44. The Balaban J connectivity index is 2.39. The van der Waals surface area contributed by atoms with Gasteiger partial charge in [-0.2, -0.15) is 0 Å². The number of aromatic nitrogens is 1. The summed E-state index contributed by atoms with van der Waals surface area (Å²) < 4.78 is 0. The monoisotopic (exact) mass is 219 g/mol. The fourth-order valence-corrected chi connectivity index (χ4v) is 2.19. The van der Waals surface area contributed by atoms with Gasteiger partial charge >= 0.3 is 5.97 Å². The zero-order valence-electron chi connectivity index (χ0n) is 9.73. The normalized spacial score (nSPS) is 18.2. The van der Waals surface area contributed by atoms with Gasteiger partial charge in [-0.15, -0.1) is 0 Å². The molecule has 0 bridgehead atoms. The van der Waals surface area contributed by atoms with Crippen molar-refractivity contribution >= 4 is 5.97 Å². The van der Waals surface area contributed by atoms with E-state index in [1.165, 1.54) is 0 Å². The first-order valence-electron chi connectivity index (χ1n) is 5.75. The van der Waals surface area contributed by atoms with E-state index in [1.807, 2.05) is 12.3 Å². The van der Waals surface area contributed by atoms with E-state index in [0.717, 1.165) is 30.4 Å². The highest BCUT2D eigenvalue weighted by molar-refractivity contribution is 5.82. The zero-order valence-corrected chi connectivity index (χ0v) is 9.73. The van der Waals surface area contributed by atoms with Crippen LogP contribution in [0.5, 0.6) is 0 Å². The first-order chi connectivity index (χ1) is 7.56. The van der Waals surface area contributed by atoms with Crippen LogP contribution in [0.4, 0.5) is 0 Å². The molecule has 0 aliphatic heterocycles. The molecule has 0 saturated heterocycles. The van der Waals surface area contributed by atoms with Gasteiger partial charge in [-0.05, 0) is 29.9 Å². The summed E-state index contributed by atoms with van der Waals surface area (Å²) in [4.78, 5) is 15.5. The van der Waals surface area contributed by atoms with Gasteiger partial charge in [0.05, 0.1) is 5.41 Å². The second-order valence-electron chi connectivity index (χ2n) is 4.90. The quantitative estimate of drug-likeness (QED) is 0.850. The van der Waals surface area contributed by atoms with E-state index in [-0.39, 0.29) is 0 Å². The standard InChI is InChI=1S/C13H17NO2/c1-9(2)10-6-11(8-14-7-10)13(12(15)16)4-3-5-13/h6-9H,3-5H2,1-2H3,(H,15,16). The summed E-state index contributed by atoms with van der Waals surface area (Å²) in [5.74, 6) is -0.320. The van der Waals surface area contributed by atoms with E-state index < -0.39 is 11.4 Å². The maximum atomic E-state index is 11.4. The summed E-state index contributed by atoms with van der Waals surface area (Å²) in [5, 5.41) is 9.34. The third-order valence-corrected chi connectivity index (χ3v) is 3.60. The van der Waals surface area contributed by atoms with Gasteiger partial charge in [0.15, 0.2) is 0 Å². The number of carboxylic acids is 1. The Kier molecular flexibility index (Phi) is 2.70. The van der Waals surface area contributed by atoms with Gasteiger partial charge in [0.1, 0.15) is 0 Å². The smallest absolute Gasteiger partial charge is 0.314 e. The summed E-state index contributed by atoms with van der Waals surface area (Å²) in [6, 6.07) is 2.00. The number of hydrogen-bond acceptors (Lipinski definition) is 2. The van der Waals surface area contributed by atoms with Crippen molar-refractivity contribution in [2.24, 2.45) is 0 Å². The molecular weight excluding hydrogens is 202 g/mol. The number of carboxylic acid groups (broad SMARTS) is 1. The van der Waals surface area contributed by atoms with Crippen molar-refractivity contribution in [1.82, 2.24) is 4.98 Å². The van der Waals surface area contributed by atoms with Crippen molar-refractivity contribution in [2.45, 2.75) is 44.4 Å². The molecule has 0 aromatic carbocycles. The average Bonchev–Trinajstić information content (AvgIpc) is 2.15. The lowest BCUT2D eigenvalue weighted by Crippen LogP contribution is -2.42. The van der Waals surface area contributed by atoms with Crippen LogP contribution in [0.1, 0.15) is 50.2 Å². The fraction of sp³-hybridized carbons (Fsp3) is 0.538. The highest BCUT2D eigenvalue weighted by atomic mass is 16.4. The van der Waals surface area contributed by atoms with Gasteiger partial charge in [0.25, 0.3) is 0 Å². The third kappa shape index (κ3) is 1.60. The fourth-order valence-electron chi connectivity index (χ4n) is 2.19. The van der Waals surface area contributed by atoms with Crippen LogP contribution in [0.2, 0.25) is 0 Å². The van der Waals surface area contributed by atoms with Gasteiger partial charge in [0, 0.05) is 12.4 Å². The molecule has 1 aliphatic rings. The van der Waals surface area contributed by atoms with Crippen molar-refractivity contribution in [3.8, 4) is 0 Å². The molecule has 1 aliphatic carbocycles. The van der Waals surface area contributed by atoms with Crippen molar-refractivity contribution in [1.29, 1.82) is 0 Å². The second kappa shape index (κ2) is 3.89. The highest BCUT2D eigenvalue weighted by Gasteiger charge is 2.46. The minimum atomic E-state index is -0.707. The lowest BCUT2D eigenvalue weighted by atomic mass is 9.64. The number of hydrogen-bond donors (Lipinski definition) is 1. The van der Waals surface area contributed by atoms with E-state index in [1.54, 1.807) is 6.20 Å². The Hall–Kier alpha value is -1.38. The molecule has 0 amide bonds. The molecular formula is C13H17NO2. The van der Waals surface area contributed by atoms with Crippen molar-refractivity contribution in [3.63, 3.8) is 0 Å². The van der Waals surface area contributed by atoms with E-state index in [9.17, 15) is 9.90 Å². The summed E-state index contributed by atoms with van der Waals surface area (Å²) in [6.07, 6.45) is 6.01. The van der Waals surface area contributed by atoms with Crippen LogP contribution >= 0.6 is 0 Å². The topological polar surface area (TPSA) is 50.2 Å². The first-order valence-corrected chi connectivity index (χ1v) is 5.75. The summed E-state index contributed by atoms with van der Waals surface area (Å²) in [6.45, 7) is 4.18. The van der Waals surface area contributed by atoms with Gasteiger partial charge in [0.2, 0.25) is 0 Å². The second-order valence-corrected chi connectivity index (χ2v) is 4.90. The molecule has 1 heterocycles. The Morgan fingerprint density at radius 2 is 2.12 bits per heavy atom. The number of nitrogens with zero attached hydrogens (tertiary/aromatic N) is 1. The molecule has 2 rings (SSSR count). The van der Waals surface area contributed by atoms with Gasteiger partial charge in [-0.25, -0.2) is 0 Å². The van der Waals surface area contributed by atoms with Gasteiger partial charge < -0.3 is 5.11 Å². The number of aliphatic carboxylic acids is 1. The molecule has 1 aromatic heterocycles. The molecule has 0 radical (unpaired) electrons. The minimum absolute atomic E-state index is 0.387. The Bertz CT molecular complexity index is 408. The van der Waals surface area contributed by atoms with Crippen LogP contribution in [-0.2, 0) is 10.2 Å². The van der Waals surface area contributed by atoms with Gasteiger partial charge in [-0.3, -0.25) is 9.78 Å².